The minimum Gasteiger partial charge on any atom is -0.462 e. The Morgan fingerprint density at radius 3 is 2.81 bits per heavy atom. The number of hydrogen-bond acceptors (Lipinski definition) is 6. The molecule has 0 unspecified atom stereocenters. The Kier molecular flexibility index (Phi) is 4.44. The third-order valence-electron chi connectivity index (χ3n) is 3.35. The number of carbonyl (C=O) groups excluding carboxylic acids is 1. The van der Waals surface area contributed by atoms with E-state index in [0.29, 0.717) is 34.9 Å². The SMILES string of the molecule is Cc1ccc(/C=C2/SC(=S)N(CN3CCOCC3)C2=O)o1. The average Bonchev–Trinajstić information content (AvgIpc) is 2.99. The van der Waals surface area contributed by atoms with Gasteiger partial charge in [-0.05, 0) is 19.1 Å². The fourth-order valence-electron chi connectivity index (χ4n) is 2.22. The first-order valence-electron chi connectivity index (χ1n) is 6.75. The molecule has 0 saturated carbocycles. The van der Waals surface area contributed by atoms with E-state index in [1.54, 1.807) is 11.0 Å². The largest absolute Gasteiger partial charge is 0.462 e. The zero-order valence-corrected chi connectivity index (χ0v) is 13.3. The number of aryl methyl sites for hydroxylation is 1. The van der Waals surface area contributed by atoms with Gasteiger partial charge in [-0.25, -0.2) is 0 Å². The van der Waals surface area contributed by atoms with E-state index >= 15 is 0 Å². The molecule has 3 heterocycles. The molecule has 0 spiro atoms. The number of thiocarbonyl (C=S) groups is 1. The lowest BCUT2D eigenvalue weighted by atomic mass is 10.3. The molecule has 21 heavy (non-hydrogen) atoms. The molecule has 0 atom stereocenters. The van der Waals surface area contributed by atoms with Crippen LogP contribution in [-0.4, -0.2) is 53.0 Å². The van der Waals surface area contributed by atoms with E-state index in [1.807, 2.05) is 19.1 Å². The van der Waals surface area contributed by atoms with Crippen molar-refractivity contribution >= 4 is 40.3 Å². The van der Waals surface area contributed by atoms with E-state index in [-0.39, 0.29) is 5.91 Å². The summed E-state index contributed by atoms with van der Waals surface area (Å²) in [5.74, 6) is 1.45. The van der Waals surface area contributed by atoms with E-state index in [0.717, 1.165) is 18.8 Å². The van der Waals surface area contributed by atoms with Crippen molar-refractivity contribution in [1.82, 2.24) is 9.80 Å². The Morgan fingerprint density at radius 2 is 2.14 bits per heavy atom. The summed E-state index contributed by atoms with van der Waals surface area (Å²) < 4.78 is 11.4. The summed E-state index contributed by atoms with van der Waals surface area (Å²) in [6.45, 7) is 5.47. The predicted octanol–water partition coefficient (Wildman–Crippen LogP) is 2.08. The van der Waals surface area contributed by atoms with Crippen LogP contribution < -0.4 is 0 Å². The van der Waals surface area contributed by atoms with E-state index < -0.39 is 0 Å². The lowest BCUT2D eigenvalue weighted by Gasteiger charge is -2.29. The molecular weight excluding hydrogens is 308 g/mol. The van der Waals surface area contributed by atoms with Gasteiger partial charge in [-0.3, -0.25) is 14.6 Å². The maximum atomic E-state index is 12.5. The van der Waals surface area contributed by atoms with Gasteiger partial charge in [-0.2, -0.15) is 0 Å². The number of furan rings is 1. The van der Waals surface area contributed by atoms with E-state index in [2.05, 4.69) is 4.90 Å². The highest BCUT2D eigenvalue weighted by Crippen LogP contribution is 2.32. The highest BCUT2D eigenvalue weighted by Gasteiger charge is 2.33. The highest BCUT2D eigenvalue weighted by molar-refractivity contribution is 8.26. The molecular formula is C14H16N2O3S2. The van der Waals surface area contributed by atoms with Crippen molar-refractivity contribution in [3.63, 3.8) is 0 Å². The van der Waals surface area contributed by atoms with E-state index in [1.165, 1.54) is 11.8 Å². The lowest BCUT2D eigenvalue weighted by molar-refractivity contribution is -0.124. The van der Waals surface area contributed by atoms with Gasteiger partial charge >= 0.3 is 0 Å². The van der Waals surface area contributed by atoms with Crippen LogP contribution in [0.2, 0.25) is 0 Å². The minimum atomic E-state index is -0.0504. The second-order valence-corrected chi connectivity index (χ2v) is 6.61. The van der Waals surface area contributed by atoms with Gasteiger partial charge in [-0.15, -0.1) is 0 Å². The number of nitrogens with zero attached hydrogens (tertiary/aromatic N) is 2. The zero-order valence-electron chi connectivity index (χ0n) is 11.7. The number of carbonyl (C=O) groups is 1. The van der Waals surface area contributed by atoms with Crippen LogP contribution in [0.4, 0.5) is 0 Å². The first kappa shape index (κ1) is 14.8. The molecule has 2 saturated heterocycles. The van der Waals surface area contributed by atoms with Gasteiger partial charge in [0.05, 0.1) is 24.8 Å². The average molecular weight is 324 g/mol. The molecule has 0 aliphatic carbocycles. The molecule has 0 bridgehead atoms. The first-order chi connectivity index (χ1) is 10.1. The van der Waals surface area contributed by atoms with Gasteiger partial charge in [0.2, 0.25) is 0 Å². The smallest absolute Gasteiger partial charge is 0.267 e. The molecule has 1 aromatic heterocycles. The van der Waals surface area contributed by atoms with E-state index in [4.69, 9.17) is 21.4 Å². The molecule has 112 valence electrons. The molecule has 5 nitrogen and oxygen atoms in total. The Hall–Kier alpha value is -1.15. The maximum absolute atomic E-state index is 12.5. The van der Waals surface area contributed by atoms with Gasteiger partial charge in [-0.1, -0.05) is 24.0 Å². The molecule has 0 aromatic carbocycles. The van der Waals surface area contributed by atoms with E-state index in [9.17, 15) is 4.79 Å². The molecule has 1 aromatic rings. The number of amides is 1. The van der Waals surface area contributed by atoms with Crippen molar-refractivity contribution in [2.75, 3.05) is 33.0 Å². The van der Waals surface area contributed by atoms with Crippen molar-refractivity contribution in [2.24, 2.45) is 0 Å². The van der Waals surface area contributed by atoms with Gasteiger partial charge in [0.25, 0.3) is 5.91 Å². The van der Waals surface area contributed by atoms with Crippen LogP contribution in [0.25, 0.3) is 6.08 Å². The summed E-state index contributed by atoms with van der Waals surface area (Å²) in [6, 6.07) is 3.73. The summed E-state index contributed by atoms with van der Waals surface area (Å²) in [7, 11) is 0. The number of hydrogen-bond donors (Lipinski definition) is 0. The summed E-state index contributed by atoms with van der Waals surface area (Å²) in [5.41, 5.74) is 0. The summed E-state index contributed by atoms with van der Waals surface area (Å²) in [6.07, 6.45) is 1.76. The monoisotopic (exact) mass is 324 g/mol. The number of thioether (sulfide) groups is 1. The first-order valence-corrected chi connectivity index (χ1v) is 7.98. The predicted molar refractivity (Wildman–Crippen MR) is 85.7 cm³/mol. The van der Waals surface area contributed by atoms with Gasteiger partial charge < -0.3 is 9.15 Å². The number of rotatable bonds is 3. The summed E-state index contributed by atoms with van der Waals surface area (Å²) >= 11 is 6.65. The second kappa shape index (κ2) is 6.31. The van der Waals surface area contributed by atoms with Crippen molar-refractivity contribution in [1.29, 1.82) is 0 Å². The summed E-state index contributed by atoms with van der Waals surface area (Å²) in [4.78, 5) is 16.9. The van der Waals surface area contributed by atoms with Crippen LogP contribution in [0.3, 0.4) is 0 Å². The molecule has 1 amide bonds. The highest BCUT2D eigenvalue weighted by atomic mass is 32.2. The molecule has 0 N–H and O–H groups in total. The molecule has 2 fully saturated rings. The quantitative estimate of drug-likeness (QED) is 0.627. The maximum Gasteiger partial charge on any atom is 0.267 e. The molecule has 0 radical (unpaired) electrons. The van der Waals surface area contributed by atoms with Crippen molar-refractivity contribution in [2.45, 2.75) is 6.92 Å². The fraction of sp³-hybridized carbons (Fsp3) is 0.429. The molecule has 3 rings (SSSR count). The van der Waals surface area contributed by atoms with Crippen molar-refractivity contribution in [3.8, 4) is 0 Å². The Labute approximate surface area is 132 Å². The standard InChI is InChI=1S/C14H16N2O3S2/c1-10-2-3-11(19-10)8-12-13(17)16(14(20)21-12)9-15-4-6-18-7-5-15/h2-3,8H,4-7,9H2,1H3/b12-8+. The lowest BCUT2D eigenvalue weighted by Crippen LogP contribution is -2.45. The summed E-state index contributed by atoms with van der Waals surface area (Å²) in [5, 5.41) is 0. The third kappa shape index (κ3) is 3.37. The van der Waals surface area contributed by atoms with Crippen LogP contribution >= 0.6 is 24.0 Å². The second-order valence-electron chi connectivity index (χ2n) is 4.93. The molecule has 7 heteroatoms. The molecule has 2 aliphatic rings. The molecule has 2 aliphatic heterocycles. The van der Waals surface area contributed by atoms with Crippen LogP contribution in [0, 0.1) is 6.92 Å². The topological polar surface area (TPSA) is 45.9 Å². The van der Waals surface area contributed by atoms with Crippen LogP contribution in [0.5, 0.6) is 0 Å². The van der Waals surface area contributed by atoms with Crippen molar-refractivity contribution < 1.29 is 13.9 Å². The number of ether oxygens (including phenoxy) is 1. The Bertz CT molecular complexity index is 591. The fourth-order valence-corrected chi connectivity index (χ4v) is 3.45. The van der Waals surface area contributed by atoms with Gasteiger partial charge in [0.1, 0.15) is 15.8 Å². The normalized spacial score (nSPS) is 22.5. The van der Waals surface area contributed by atoms with Crippen LogP contribution in [-0.2, 0) is 9.53 Å². The zero-order chi connectivity index (χ0) is 14.8. The van der Waals surface area contributed by atoms with Gasteiger partial charge in [0.15, 0.2) is 0 Å². The van der Waals surface area contributed by atoms with Crippen LogP contribution in [0.15, 0.2) is 21.5 Å². The minimum absolute atomic E-state index is 0.0504. The Morgan fingerprint density at radius 1 is 1.38 bits per heavy atom. The Balaban J connectivity index is 1.71. The van der Waals surface area contributed by atoms with Gasteiger partial charge in [0, 0.05) is 19.2 Å². The van der Waals surface area contributed by atoms with Crippen LogP contribution in [0.1, 0.15) is 11.5 Å². The van der Waals surface area contributed by atoms with Crippen molar-refractivity contribution in [3.05, 3.63) is 28.6 Å². The number of morpholine rings is 1. The third-order valence-corrected chi connectivity index (χ3v) is 4.73.